The Hall–Kier alpha value is -1.52. The number of aromatic nitrogens is 2. The molecule has 1 atom stereocenters. The number of nitrogens with zero attached hydrogens (tertiary/aromatic N) is 4. The van der Waals surface area contributed by atoms with Gasteiger partial charge in [0.1, 0.15) is 28.6 Å². The zero-order chi connectivity index (χ0) is 18.3. The molecular weight excluding hydrogens is 403 g/mol. The predicted molar refractivity (Wildman–Crippen MR) is 102 cm³/mol. The van der Waals surface area contributed by atoms with E-state index in [0.717, 1.165) is 11.1 Å². The maximum Gasteiger partial charge on any atom is 0.165 e. The number of anilines is 1. The van der Waals surface area contributed by atoms with Gasteiger partial charge in [-0.15, -0.1) is 0 Å². The van der Waals surface area contributed by atoms with Crippen LogP contribution in [0.25, 0.3) is 5.69 Å². The van der Waals surface area contributed by atoms with Crippen LogP contribution in [0.2, 0.25) is 15.1 Å². The van der Waals surface area contributed by atoms with Crippen molar-refractivity contribution in [3.63, 3.8) is 0 Å². The van der Waals surface area contributed by atoms with Crippen molar-refractivity contribution in [2.24, 2.45) is 0 Å². The Bertz CT molecular complexity index is 938. The van der Waals surface area contributed by atoms with Crippen LogP contribution in [0.1, 0.15) is 19.5 Å². The lowest BCUT2D eigenvalue weighted by atomic mass is 10.2. The van der Waals surface area contributed by atoms with Crippen molar-refractivity contribution in [1.82, 2.24) is 9.78 Å². The highest BCUT2D eigenvalue weighted by Crippen LogP contribution is 2.36. The zero-order valence-electron chi connectivity index (χ0n) is 13.4. The predicted octanol–water partition coefficient (Wildman–Crippen LogP) is 4.52. The average Bonchev–Trinajstić information content (AvgIpc) is 2.93. The molecule has 1 aliphatic rings. The second-order valence-electron chi connectivity index (χ2n) is 5.69. The molecule has 0 bridgehead atoms. The van der Waals surface area contributed by atoms with Gasteiger partial charge < -0.3 is 0 Å². The van der Waals surface area contributed by atoms with Gasteiger partial charge in [-0.25, -0.2) is 8.89 Å². The third-order valence-corrected chi connectivity index (χ3v) is 6.23. The fourth-order valence-electron chi connectivity index (χ4n) is 2.50. The number of hydrogen-bond acceptors (Lipinski definition) is 3. The van der Waals surface area contributed by atoms with Crippen molar-refractivity contribution in [1.29, 1.82) is 5.26 Å². The van der Waals surface area contributed by atoms with Gasteiger partial charge in [-0.1, -0.05) is 45.9 Å². The van der Waals surface area contributed by atoms with Crippen LogP contribution >= 0.6 is 34.8 Å². The summed E-state index contributed by atoms with van der Waals surface area (Å²) in [5.41, 5.74) is 2.80. The molecule has 0 spiro atoms. The second-order valence-corrected chi connectivity index (χ2v) is 8.32. The standard InChI is InChI=1S/C16H13Cl3N4OS/c1-9-7-22(25(24)8-10(9)2)15-5-12(6-20)21-23(15)16-13(18)3-11(17)4-14(16)19/h3-5H,7-8H2,1-2H3. The Balaban J connectivity index is 2.20. The van der Waals surface area contributed by atoms with Crippen molar-refractivity contribution < 1.29 is 4.21 Å². The fourth-order valence-corrected chi connectivity index (χ4v) is 4.93. The molecule has 25 heavy (non-hydrogen) atoms. The maximum absolute atomic E-state index is 12.6. The first-order chi connectivity index (χ1) is 11.8. The summed E-state index contributed by atoms with van der Waals surface area (Å²) in [5.74, 6) is 0.925. The van der Waals surface area contributed by atoms with Crippen LogP contribution in [0.15, 0.2) is 29.3 Å². The Kier molecular flexibility index (Phi) is 5.12. The van der Waals surface area contributed by atoms with Crippen molar-refractivity contribution in [2.45, 2.75) is 13.8 Å². The number of halogens is 3. The third kappa shape index (κ3) is 3.42. The Morgan fingerprint density at radius 3 is 2.40 bits per heavy atom. The van der Waals surface area contributed by atoms with Crippen LogP contribution in [0, 0.1) is 11.3 Å². The van der Waals surface area contributed by atoms with E-state index in [1.165, 1.54) is 4.68 Å². The van der Waals surface area contributed by atoms with Gasteiger partial charge in [0, 0.05) is 11.1 Å². The molecule has 0 fully saturated rings. The normalized spacial score (nSPS) is 17.8. The van der Waals surface area contributed by atoms with Gasteiger partial charge in [0.25, 0.3) is 0 Å². The van der Waals surface area contributed by atoms with E-state index in [1.807, 2.05) is 19.9 Å². The Morgan fingerprint density at radius 1 is 1.16 bits per heavy atom. The molecule has 1 aromatic carbocycles. The van der Waals surface area contributed by atoms with Gasteiger partial charge in [0.2, 0.25) is 0 Å². The fraction of sp³-hybridized carbons (Fsp3) is 0.250. The summed E-state index contributed by atoms with van der Waals surface area (Å²) in [6.45, 7) is 4.43. The average molecular weight is 416 g/mol. The van der Waals surface area contributed by atoms with E-state index in [4.69, 9.17) is 34.8 Å². The monoisotopic (exact) mass is 414 g/mol. The molecule has 5 nitrogen and oxygen atoms in total. The summed E-state index contributed by atoms with van der Waals surface area (Å²) in [6, 6.07) is 6.67. The largest absolute Gasteiger partial charge is 0.271 e. The first-order valence-corrected chi connectivity index (χ1v) is 9.69. The lowest BCUT2D eigenvalue weighted by molar-refractivity contribution is 0.677. The molecule has 2 heterocycles. The van der Waals surface area contributed by atoms with Gasteiger partial charge in [0.05, 0.1) is 22.3 Å². The molecule has 0 saturated carbocycles. The first-order valence-electron chi connectivity index (χ1n) is 7.28. The van der Waals surface area contributed by atoms with Crippen molar-refractivity contribution in [2.75, 3.05) is 16.6 Å². The molecule has 0 amide bonds. The Labute approximate surface area is 163 Å². The molecule has 1 aliphatic heterocycles. The van der Waals surface area contributed by atoms with E-state index in [9.17, 15) is 9.47 Å². The van der Waals surface area contributed by atoms with Gasteiger partial charge in [0.15, 0.2) is 5.69 Å². The summed E-state index contributed by atoms with van der Waals surface area (Å²) in [6.07, 6.45) is 0. The summed E-state index contributed by atoms with van der Waals surface area (Å²) in [5, 5.41) is 14.5. The van der Waals surface area contributed by atoms with Crippen LogP contribution in [-0.2, 0) is 11.0 Å². The highest BCUT2D eigenvalue weighted by atomic mass is 35.5. The van der Waals surface area contributed by atoms with Crippen molar-refractivity contribution in [3.8, 4) is 11.8 Å². The number of hydrogen-bond donors (Lipinski definition) is 0. The quantitative estimate of drug-likeness (QED) is 0.677. The topological polar surface area (TPSA) is 61.9 Å². The van der Waals surface area contributed by atoms with E-state index < -0.39 is 11.0 Å². The molecule has 0 aliphatic carbocycles. The van der Waals surface area contributed by atoms with Crippen LogP contribution in [-0.4, -0.2) is 26.3 Å². The lowest BCUT2D eigenvalue weighted by Gasteiger charge is -2.29. The number of rotatable bonds is 2. The van der Waals surface area contributed by atoms with E-state index in [0.29, 0.717) is 28.8 Å². The van der Waals surface area contributed by atoms with Crippen LogP contribution < -0.4 is 4.31 Å². The zero-order valence-corrected chi connectivity index (χ0v) is 16.5. The summed E-state index contributed by atoms with van der Waals surface area (Å²) in [4.78, 5) is 0. The minimum absolute atomic E-state index is 0.179. The summed E-state index contributed by atoms with van der Waals surface area (Å²) >= 11 is 18.6. The third-order valence-electron chi connectivity index (χ3n) is 3.95. The molecule has 2 aromatic rings. The molecule has 130 valence electrons. The van der Waals surface area contributed by atoms with E-state index >= 15 is 0 Å². The van der Waals surface area contributed by atoms with Crippen LogP contribution in [0.3, 0.4) is 0 Å². The van der Waals surface area contributed by atoms with Gasteiger partial charge >= 0.3 is 0 Å². The minimum Gasteiger partial charge on any atom is -0.271 e. The van der Waals surface area contributed by atoms with E-state index in [2.05, 4.69) is 5.10 Å². The number of benzene rings is 1. The molecule has 0 saturated heterocycles. The van der Waals surface area contributed by atoms with Gasteiger partial charge in [-0.2, -0.15) is 10.4 Å². The molecule has 0 N–H and O–H groups in total. The minimum atomic E-state index is -1.28. The van der Waals surface area contributed by atoms with Crippen molar-refractivity contribution in [3.05, 3.63) is 50.1 Å². The maximum atomic E-state index is 12.6. The first kappa shape index (κ1) is 18.3. The summed E-state index contributed by atoms with van der Waals surface area (Å²) < 4.78 is 15.8. The highest BCUT2D eigenvalue weighted by Gasteiger charge is 2.27. The highest BCUT2D eigenvalue weighted by molar-refractivity contribution is 7.86. The van der Waals surface area contributed by atoms with Gasteiger partial charge in [-0.3, -0.25) is 4.31 Å². The molecule has 0 radical (unpaired) electrons. The smallest absolute Gasteiger partial charge is 0.165 e. The van der Waals surface area contributed by atoms with Crippen LogP contribution in [0.4, 0.5) is 5.82 Å². The SMILES string of the molecule is CC1=C(C)CS(=O)N(c2cc(C#N)nn2-c2c(Cl)cc(Cl)cc2Cl)C1. The molecule has 1 unspecified atom stereocenters. The number of nitriles is 1. The summed E-state index contributed by atoms with van der Waals surface area (Å²) in [7, 11) is -1.28. The van der Waals surface area contributed by atoms with Gasteiger partial charge in [-0.05, 0) is 26.0 Å². The molecular formula is C16H13Cl3N4OS. The molecule has 1 aromatic heterocycles. The van der Waals surface area contributed by atoms with Crippen molar-refractivity contribution >= 4 is 51.6 Å². The Morgan fingerprint density at radius 2 is 1.80 bits per heavy atom. The molecule has 3 rings (SSSR count). The second kappa shape index (κ2) is 7.00. The van der Waals surface area contributed by atoms with E-state index in [-0.39, 0.29) is 15.7 Å². The van der Waals surface area contributed by atoms with Crippen LogP contribution in [0.5, 0.6) is 0 Å². The lowest BCUT2D eigenvalue weighted by Crippen LogP contribution is -2.35. The van der Waals surface area contributed by atoms with E-state index in [1.54, 1.807) is 22.5 Å². The molecule has 9 heteroatoms.